The molecule has 4 aromatic rings. The van der Waals surface area contributed by atoms with Crippen LogP contribution in [-0.2, 0) is 28.6 Å². The van der Waals surface area contributed by atoms with E-state index in [1.54, 1.807) is 41.5 Å². The Morgan fingerprint density at radius 3 is 1.09 bits per heavy atom. The van der Waals surface area contributed by atoms with Gasteiger partial charge in [0.05, 0.1) is 43.5 Å². The second-order valence-corrected chi connectivity index (χ2v) is 12.0. The maximum atomic E-state index is 14.2. The standard InChI is InChI=1S/C42H36N6O9/c1-8-55-37(49)34(23-43)25(4)28-11-17-31(18-12-28)46-40(52)47(32-19-13-29(14-20-32)26(5)35(24-44)38(50)56-9-2)42(54)48(41(46)53)33-21-15-30(16-22-33)27(6)36(45-7)39(51)57-10-3/h11-22H,8-10H2,1-6H3/b34-25+,35-26+,36-27-. The first kappa shape index (κ1) is 41.9. The molecular formula is C42H36N6O9. The van der Waals surface area contributed by atoms with Crippen molar-refractivity contribution in [2.45, 2.75) is 41.5 Å². The van der Waals surface area contributed by atoms with Crippen molar-refractivity contribution < 1.29 is 28.6 Å². The van der Waals surface area contributed by atoms with E-state index in [1.165, 1.54) is 72.8 Å². The molecule has 0 amide bonds. The highest BCUT2D eigenvalue weighted by molar-refractivity contribution is 6.02. The summed E-state index contributed by atoms with van der Waals surface area (Å²) in [5.74, 6) is -2.42. The summed E-state index contributed by atoms with van der Waals surface area (Å²) in [5, 5.41) is 19.3. The van der Waals surface area contributed by atoms with Gasteiger partial charge in [-0.05, 0) is 111 Å². The zero-order valence-corrected chi connectivity index (χ0v) is 31.9. The Labute approximate surface area is 326 Å². The molecule has 288 valence electrons. The first-order chi connectivity index (χ1) is 27.3. The molecule has 0 atom stereocenters. The Kier molecular flexibility index (Phi) is 13.6. The molecule has 1 aromatic heterocycles. The highest BCUT2D eigenvalue weighted by Crippen LogP contribution is 2.24. The van der Waals surface area contributed by atoms with Crippen LogP contribution in [0, 0.1) is 29.2 Å². The first-order valence-corrected chi connectivity index (χ1v) is 17.4. The number of esters is 3. The number of aromatic nitrogens is 3. The second-order valence-electron chi connectivity index (χ2n) is 12.0. The number of carbonyl (C=O) groups is 3. The Hall–Kier alpha value is -7.83. The summed E-state index contributed by atoms with van der Waals surface area (Å²) in [7, 11) is 0. The number of nitrogens with zero attached hydrogens (tertiary/aromatic N) is 6. The number of hydrogen-bond donors (Lipinski definition) is 0. The minimum atomic E-state index is -1.04. The van der Waals surface area contributed by atoms with Crippen molar-refractivity contribution in [1.29, 1.82) is 10.5 Å². The van der Waals surface area contributed by atoms with Crippen LogP contribution in [-0.4, -0.2) is 51.4 Å². The summed E-state index contributed by atoms with van der Waals surface area (Å²) in [6.07, 6.45) is 0. The summed E-state index contributed by atoms with van der Waals surface area (Å²) in [5.41, 5.74) is -1.56. The van der Waals surface area contributed by atoms with Gasteiger partial charge in [0.25, 0.3) is 5.70 Å². The minimum Gasteiger partial charge on any atom is -0.471 e. The van der Waals surface area contributed by atoms with E-state index < -0.39 is 35.0 Å². The molecule has 15 nitrogen and oxygen atoms in total. The predicted molar refractivity (Wildman–Crippen MR) is 209 cm³/mol. The minimum absolute atomic E-state index is 0.0359. The zero-order chi connectivity index (χ0) is 42.0. The van der Waals surface area contributed by atoms with Crippen molar-refractivity contribution in [3.63, 3.8) is 0 Å². The lowest BCUT2D eigenvalue weighted by atomic mass is 10.0. The molecule has 4 rings (SSSR count). The molecule has 0 saturated carbocycles. The van der Waals surface area contributed by atoms with Gasteiger partial charge in [-0.2, -0.15) is 10.5 Å². The number of benzene rings is 3. The largest absolute Gasteiger partial charge is 0.471 e. The van der Waals surface area contributed by atoms with Crippen LogP contribution in [0.5, 0.6) is 0 Å². The molecule has 0 N–H and O–H groups in total. The van der Waals surface area contributed by atoms with Crippen molar-refractivity contribution in [3.8, 4) is 29.2 Å². The Balaban J connectivity index is 1.99. The van der Waals surface area contributed by atoms with Crippen molar-refractivity contribution in [3.05, 3.63) is 149 Å². The van der Waals surface area contributed by atoms with E-state index >= 15 is 0 Å². The quantitative estimate of drug-likeness (QED) is 0.0613. The molecule has 0 saturated heterocycles. The smallest absolute Gasteiger partial charge is 0.349 e. The summed E-state index contributed by atoms with van der Waals surface area (Å²) >= 11 is 0. The number of rotatable bonds is 12. The van der Waals surface area contributed by atoms with Gasteiger partial charge in [0.15, 0.2) is 0 Å². The van der Waals surface area contributed by atoms with E-state index in [-0.39, 0.29) is 64.9 Å². The molecule has 0 aliphatic carbocycles. The van der Waals surface area contributed by atoms with E-state index in [4.69, 9.17) is 20.8 Å². The normalized spacial score (nSPS) is 12.1. The summed E-state index contributed by atoms with van der Waals surface area (Å²) in [6, 6.07) is 21.2. The van der Waals surface area contributed by atoms with Crippen molar-refractivity contribution in [1.82, 2.24) is 13.7 Å². The SMILES string of the molecule is [C-]#[N+]/C(C(=O)OCC)=C(/C)c1ccc(-n2c(=O)n(-c3ccc(/C(C)=C(\C#N)C(=O)OCC)cc3)c(=O)n(-c3ccc(/C(C)=C(\C#N)C(=O)OCC)cc3)c2=O)cc1. The van der Waals surface area contributed by atoms with Crippen LogP contribution in [0.4, 0.5) is 0 Å². The number of nitriles is 2. The van der Waals surface area contributed by atoms with E-state index in [9.17, 15) is 39.3 Å². The lowest BCUT2D eigenvalue weighted by Crippen LogP contribution is -2.52. The molecule has 57 heavy (non-hydrogen) atoms. The van der Waals surface area contributed by atoms with Gasteiger partial charge in [0.1, 0.15) is 23.3 Å². The number of ether oxygens (including phenoxy) is 3. The fraction of sp³-hybridized carbons (Fsp3) is 0.214. The third-order valence-electron chi connectivity index (χ3n) is 8.69. The molecule has 0 unspecified atom stereocenters. The van der Waals surface area contributed by atoms with Gasteiger partial charge in [-0.25, -0.2) is 42.5 Å². The monoisotopic (exact) mass is 768 g/mol. The molecule has 15 heteroatoms. The highest BCUT2D eigenvalue weighted by Gasteiger charge is 2.22. The number of carbonyl (C=O) groups excluding carboxylic acids is 3. The van der Waals surface area contributed by atoms with Gasteiger partial charge in [-0.1, -0.05) is 36.4 Å². The van der Waals surface area contributed by atoms with E-state index in [0.717, 1.165) is 13.7 Å². The lowest BCUT2D eigenvalue weighted by molar-refractivity contribution is -0.138. The molecule has 0 aliphatic heterocycles. The van der Waals surface area contributed by atoms with Gasteiger partial charge in [-0.3, -0.25) is 4.79 Å². The third-order valence-corrected chi connectivity index (χ3v) is 8.69. The summed E-state index contributed by atoms with van der Waals surface area (Å²) in [4.78, 5) is 83.2. The fourth-order valence-corrected chi connectivity index (χ4v) is 5.67. The first-order valence-electron chi connectivity index (χ1n) is 17.4. The molecule has 0 radical (unpaired) electrons. The number of allylic oxidation sites excluding steroid dienone is 3. The van der Waals surface area contributed by atoms with E-state index in [0.29, 0.717) is 22.3 Å². The molecular weight excluding hydrogens is 732 g/mol. The summed E-state index contributed by atoms with van der Waals surface area (Å²) in [6.45, 7) is 17.1. The predicted octanol–water partition coefficient (Wildman–Crippen LogP) is 5.07. The van der Waals surface area contributed by atoms with Crippen LogP contribution in [0.25, 0.3) is 38.6 Å². The zero-order valence-electron chi connectivity index (χ0n) is 31.9. The Morgan fingerprint density at radius 2 is 0.825 bits per heavy atom. The molecule has 0 aliphatic rings. The second kappa shape index (κ2) is 18.5. The van der Waals surface area contributed by atoms with Gasteiger partial charge in [0, 0.05) is 0 Å². The molecule has 0 spiro atoms. The maximum absolute atomic E-state index is 14.2. The van der Waals surface area contributed by atoms with Crippen LogP contribution in [0.1, 0.15) is 58.2 Å². The topological polar surface area (TPSA) is 197 Å². The molecule has 3 aromatic carbocycles. The van der Waals surface area contributed by atoms with Crippen molar-refractivity contribution in [2.75, 3.05) is 19.8 Å². The van der Waals surface area contributed by atoms with Gasteiger partial charge < -0.3 is 14.2 Å². The van der Waals surface area contributed by atoms with E-state index in [2.05, 4.69) is 4.85 Å². The molecule has 0 fully saturated rings. The van der Waals surface area contributed by atoms with Crippen molar-refractivity contribution >= 4 is 34.6 Å². The fourth-order valence-electron chi connectivity index (χ4n) is 5.67. The van der Waals surface area contributed by atoms with Crippen LogP contribution >= 0.6 is 0 Å². The lowest BCUT2D eigenvalue weighted by Gasteiger charge is -2.16. The number of hydrogen-bond acceptors (Lipinski definition) is 11. The van der Waals surface area contributed by atoms with Crippen LogP contribution in [0.2, 0.25) is 0 Å². The molecule has 0 bridgehead atoms. The van der Waals surface area contributed by atoms with E-state index in [1.807, 2.05) is 12.1 Å². The van der Waals surface area contributed by atoms with Crippen LogP contribution in [0.15, 0.2) is 104 Å². The average molecular weight is 769 g/mol. The van der Waals surface area contributed by atoms with Crippen LogP contribution < -0.4 is 17.1 Å². The van der Waals surface area contributed by atoms with Crippen molar-refractivity contribution in [2.24, 2.45) is 0 Å². The third kappa shape index (κ3) is 8.62. The Bertz CT molecular complexity index is 2330. The Morgan fingerprint density at radius 1 is 0.544 bits per heavy atom. The highest BCUT2D eigenvalue weighted by atomic mass is 16.5. The van der Waals surface area contributed by atoms with Gasteiger partial charge in [0.2, 0.25) is 0 Å². The maximum Gasteiger partial charge on any atom is 0.349 e. The summed E-state index contributed by atoms with van der Waals surface area (Å²) < 4.78 is 17.3. The van der Waals surface area contributed by atoms with Gasteiger partial charge in [-0.15, -0.1) is 0 Å². The average Bonchev–Trinajstić information content (AvgIpc) is 3.19. The van der Waals surface area contributed by atoms with Gasteiger partial charge >= 0.3 is 35.0 Å². The molecule has 1 heterocycles. The van der Waals surface area contributed by atoms with Crippen LogP contribution in [0.3, 0.4) is 0 Å².